The number of nitrogens with one attached hydrogen (secondary N) is 2. The molecule has 0 aliphatic carbocycles. The molecule has 0 aromatic heterocycles. The first-order valence-corrected chi connectivity index (χ1v) is 15.1. The van der Waals surface area contributed by atoms with E-state index in [0.717, 1.165) is 21.5 Å². The first-order chi connectivity index (χ1) is 23.0. The van der Waals surface area contributed by atoms with Crippen molar-refractivity contribution in [1.82, 2.24) is 0 Å². The molecule has 0 aliphatic heterocycles. The molecule has 0 heterocycles. The van der Waals surface area contributed by atoms with Crippen molar-refractivity contribution >= 4 is 57.8 Å². The number of guanidine groups is 2. The van der Waals surface area contributed by atoms with E-state index in [0.29, 0.717) is 37.1 Å². The summed E-state index contributed by atoms with van der Waals surface area (Å²) < 4.78 is 0. The first-order valence-electron chi connectivity index (χ1n) is 15.1. The highest BCUT2D eigenvalue weighted by Crippen LogP contribution is 2.26. The molecule has 0 radical (unpaired) electrons. The lowest BCUT2D eigenvalue weighted by molar-refractivity contribution is -0.460. The van der Waals surface area contributed by atoms with Gasteiger partial charge in [0.15, 0.2) is 0 Å². The van der Waals surface area contributed by atoms with Gasteiger partial charge in [-0.3, -0.25) is 42.9 Å². The van der Waals surface area contributed by atoms with Crippen LogP contribution < -0.4 is 43.1 Å². The number of nitrogens with two attached hydrogens (primary N) is 4. The molecule has 16 nitrogen and oxygen atoms in total. The van der Waals surface area contributed by atoms with Crippen LogP contribution >= 0.6 is 0 Å². The van der Waals surface area contributed by atoms with Gasteiger partial charge in [0.2, 0.25) is 0 Å². The zero-order valence-electron chi connectivity index (χ0n) is 27.2. The van der Waals surface area contributed by atoms with Crippen molar-refractivity contribution in [2.75, 3.05) is 13.1 Å². The van der Waals surface area contributed by atoms with E-state index in [9.17, 15) is 30.0 Å². The highest BCUT2D eigenvalue weighted by molar-refractivity contribution is 6.03. The molecule has 16 heteroatoms. The third kappa shape index (κ3) is 12.7. The van der Waals surface area contributed by atoms with Crippen LogP contribution in [-0.4, -0.2) is 82.6 Å². The van der Waals surface area contributed by atoms with Crippen LogP contribution in [-0.2, 0) is 9.59 Å². The Kier molecular flexibility index (Phi) is 17.4. The number of benzene rings is 4. The second-order valence-corrected chi connectivity index (χ2v) is 10.7. The maximum absolute atomic E-state index is 11.2. The average Bonchev–Trinajstić information content (AvgIpc) is 3.05. The second-order valence-electron chi connectivity index (χ2n) is 10.7. The number of fused-ring (bicyclic) bond motifs is 2. The molecule has 0 aliphatic rings. The number of carboxylic acids is 2. The molecule has 4 rings (SSSR count). The van der Waals surface area contributed by atoms with E-state index >= 15 is 0 Å². The number of phenols is 2. The number of hydrogen-bond acceptors (Lipinski definition) is 8. The minimum absolute atomic E-state index is 0. The first kappa shape index (κ1) is 41.8. The Morgan fingerprint density at radius 1 is 0.640 bits per heavy atom. The molecule has 0 fully saturated rings. The predicted octanol–water partition coefficient (Wildman–Crippen LogP) is -5.22. The molecule has 0 saturated carbocycles. The summed E-state index contributed by atoms with van der Waals surface area (Å²) in [6.45, 7) is 0.891. The van der Waals surface area contributed by atoms with Crippen LogP contribution in [0.15, 0.2) is 82.8 Å². The number of nitrogens with zero attached hydrogens (tertiary/aromatic N) is 2. The molecule has 2 atom stereocenters. The second kappa shape index (κ2) is 20.9. The summed E-state index contributed by atoms with van der Waals surface area (Å²) in [6, 6.07) is 19.6. The molecular weight excluding hydrogens is 648 g/mol. The molecular formula is C34H44N8O8. The van der Waals surface area contributed by atoms with E-state index in [1.54, 1.807) is 24.3 Å². The minimum atomic E-state index is -1.27. The number of rotatable bonds is 14. The third-order valence-electron chi connectivity index (χ3n) is 7.17. The topological polar surface area (TPSA) is 340 Å². The fourth-order valence-corrected chi connectivity index (χ4v) is 4.73. The maximum Gasteiger partial charge on any atom is 0.338 e. The van der Waals surface area contributed by atoms with Gasteiger partial charge in [0.05, 0.1) is 37.1 Å². The summed E-state index contributed by atoms with van der Waals surface area (Å²) in [5.74, 6) is -2.27. The standard InChI is InChI=1S/2C17H20N4O3.2H2O/c2*18-17(19)20-9-3-6-14(16(23)24)21-10-13-12-5-2-1-4-11(12)7-8-15(13)22;;/h2*1-2,4-5,7-8,10,14,22H,3,6,9H2,(H,23,24)(H4,18,19,20);2*1H2/t2*14-;;/m00../s1. The number of aromatic hydroxyl groups is 2. The summed E-state index contributed by atoms with van der Waals surface area (Å²) in [6.07, 6.45) is 4.32. The number of hydrogen-bond donors (Lipinski definition) is 8. The largest absolute Gasteiger partial charge is 0.548 e. The van der Waals surface area contributed by atoms with Gasteiger partial charge in [0.25, 0.3) is 0 Å². The van der Waals surface area contributed by atoms with E-state index < -0.39 is 24.0 Å². The Labute approximate surface area is 287 Å². The van der Waals surface area contributed by atoms with Crippen LogP contribution in [0.4, 0.5) is 0 Å². The molecule has 16 N–H and O–H groups in total. The highest BCUT2D eigenvalue weighted by Gasteiger charge is 2.11. The SMILES string of the molecule is NC(N)=[NH+]CCC[C@H](N=Cc1c(O)ccc2ccccc12)C(=O)[O-].NC(N)=[NH+]CCC[C@H](N=Cc1c(O)ccc2ccccc12)C(=O)[O-].O.O. The Morgan fingerprint density at radius 2 is 1.00 bits per heavy atom. The predicted molar refractivity (Wildman–Crippen MR) is 188 cm³/mol. The van der Waals surface area contributed by atoms with Gasteiger partial charge in [-0.1, -0.05) is 60.7 Å². The number of aliphatic imine (C=N–C) groups is 2. The number of carbonyl (C=O) groups is 2. The summed E-state index contributed by atoms with van der Waals surface area (Å²) in [4.78, 5) is 36.1. The highest BCUT2D eigenvalue weighted by atomic mass is 16.4. The molecule has 0 unspecified atom stereocenters. The van der Waals surface area contributed by atoms with E-state index in [-0.39, 0.29) is 47.2 Å². The van der Waals surface area contributed by atoms with Crippen LogP contribution in [0.5, 0.6) is 11.5 Å². The number of aliphatic carboxylic acids is 2. The van der Waals surface area contributed by atoms with Gasteiger partial charge in [0.1, 0.15) is 11.5 Å². The van der Waals surface area contributed by atoms with E-state index in [1.165, 1.54) is 12.4 Å². The van der Waals surface area contributed by atoms with Crippen molar-refractivity contribution in [3.63, 3.8) is 0 Å². The Hall–Kier alpha value is -6.26. The van der Waals surface area contributed by atoms with Crippen LogP contribution in [0.3, 0.4) is 0 Å². The minimum Gasteiger partial charge on any atom is -0.548 e. The van der Waals surface area contributed by atoms with Crippen LogP contribution in [0.25, 0.3) is 21.5 Å². The van der Waals surface area contributed by atoms with Gasteiger partial charge in [-0.15, -0.1) is 0 Å². The number of carbonyl (C=O) groups excluding carboxylic acids is 2. The molecule has 4 aromatic carbocycles. The van der Waals surface area contributed by atoms with E-state index in [4.69, 9.17) is 22.9 Å². The lowest BCUT2D eigenvalue weighted by Crippen LogP contribution is -2.78. The van der Waals surface area contributed by atoms with Crippen molar-refractivity contribution in [2.24, 2.45) is 32.9 Å². The van der Waals surface area contributed by atoms with Crippen LogP contribution in [0, 0.1) is 0 Å². The normalized spacial score (nSPS) is 11.8. The third-order valence-corrected chi connectivity index (χ3v) is 7.17. The van der Waals surface area contributed by atoms with E-state index in [1.807, 2.05) is 48.5 Å². The Balaban J connectivity index is 0.000000481. The zero-order chi connectivity index (χ0) is 35.1. The Bertz CT molecular complexity index is 1700. The monoisotopic (exact) mass is 692 g/mol. The maximum atomic E-state index is 11.2. The van der Waals surface area contributed by atoms with Gasteiger partial charge in [0, 0.05) is 23.6 Å². The fourth-order valence-electron chi connectivity index (χ4n) is 4.73. The average molecular weight is 693 g/mol. The van der Waals surface area contributed by atoms with Gasteiger partial charge in [-0.2, -0.15) is 0 Å². The van der Waals surface area contributed by atoms with Gasteiger partial charge < -0.3 is 41.0 Å². The lowest BCUT2D eigenvalue weighted by atomic mass is 10.0. The quantitative estimate of drug-likeness (QED) is 0.0353. The molecule has 4 aromatic rings. The Morgan fingerprint density at radius 3 is 1.34 bits per heavy atom. The zero-order valence-corrected chi connectivity index (χ0v) is 27.2. The molecule has 0 saturated heterocycles. The van der Waals surface area contributed by atoms with Crippen LogP contribution in [0.2, 0.25) is 0 Å². The van der Waals surface area contributed by atoms with E-state index in [2.05, 4.69) is 20.0 Å². The van der Waals surface area contributed by atoms with Crippen molar-refractivity contribution < 1.29 is 51.0 Å². The molecule has 0 bridgehead atoms. The summed E-state index contributed by atoms with van der Waals surface area (Å²) >= 11 is 0. The summed E-state index contributed by atoms with van der Waals surface area (Å²) in [7, 11) is 0. The van der Waals surface area contributed by atoms with Gasteiger partial charge in [-0.25, -0.2) is 0 Å². The fraction of sp³-hybridized carbons (Fsp3) is 0.235. The number of phenolic OH excluding ortho intramolecular Hbond substituents is 2. The molecule has 50 heavy (non-hydrogen) atoms. The van der Waals surface area contributed by atoms with Crippen molar-refractivity contribution in [3.05, 3.63) is 83.9 Å². The van der Waals surface area contributed by atoms with Gasteiger partial charge in [-0.05, 0) is 59.4 Å². The molecule has 268 valence electrons. The summed E-state index contributed by atoms with van der Waals surface area (Å²) in [5, 5.41) is 46.0. The van der Waals surface area contributed by atoms with Gasteiger partial charge >= 0.3 is 11.9 Å². The van der Waals surface area contributed by atoms with Crippen molar-refractivity contribution in [1.29, 1.82) is 0 Å². The number of carboxylic acid groups (broad SMARTS) is 2. The molecule has 0 spiro atoms. The van der Waals surface area contributed by atoms with Crippen molar-refractivity contribution in [2.45, 2.75) is 37.8 Å². The van der Waals surface area contributed by atoms with Crippen molar-refractivity contribution in [3.8, 4) is 11.5 Å². The smallest absolute Gasteiger partial charge is 0.338 e. The van der Waals surface area contributed by atoms with Crippen LogP contribution in [0.1, 0.15) is 36.8 Å². The lowest BCUT2D eigenvalue weighted by Gasteiger charge is -2.13. The summed E-state index contributed by atoms with van der Waals surface area (Å²) in [5.41, 5.74) is 22.0. The molecule has 0 amide bonds.